The van der Waals surface area contributed by atoms with Crippen LogP contribution in [0.25, 0.3) is 0 Å². The number of benzene rings is 1. The van der Waals surface area contributed by atoms with Gasteiger partial charge < -0.3 is 0 Å². The first-order valence-electron chi connectivity index (χ1n) is 5.38. The molecule has 0 saturated carbocycles. The highest BCUT2D eigenvalue weighted by Crippen LogP contribution is 2.34. The van der Waals surface area contributed by atoms with E-state index in [1.54, 1.807) is 30.0 Å². The highest BCUT2D eigenvalue weighted by Gasteiger charge is 2.02. The van der Waals surface area contributed by atoms with Crippen LogP contribution in [0.4, 0.5) is 13.2 Å². The Morgan fingerprint density at radius 3 is 2.10 bits per heavy atom. The summed E-state index contributed by atoms with van der Waals surface area (Å²) in [6, 6.07) is 11.7. The van der Waals surface area contributed by atoms with Crippen LogP contribution in [0, 0.1) is 0 Å². The van der Waals surface area contributed by atoms with E-state index < -0.39 is 6.68 Å². The molecule has 7 heteroatoms. The van der Waals surface area contributed by atoms with Crippen molar-refractivity contribution in [3.05, 3.63) is 42.0 Å². The number of alkyl halides is 3. The molecule has 1 heterocycles. The number of Topliss-reactive ketones (excluding diaryl/α,β-unsaturated/α-hetero) is 1. The molecule has 0 radical (unpaired) electrons. The highest BCUT2D eigenvalue weighted by atomic mass is 32.2. The molecule has 1 aromatic heterocycles. The van der Waals surface area contributed by atoms with Crippen LogP contribution < -0.4 is 0 Å². The van der Waals surface area contributed by atoms with Crippen molar-refractivity contribution in [1.29, 1.82) is 0 Å². The number of hydrogen-bond acceptors (Lipinski definition) is 4. The van der Waals surface area contributed by atoms with Gasteiger partial charge in [-0.25, -0.2) is 0 Å². The van der Waals surface area contributed by atoms with Crippen molar-refractivity contribution in [3.63, 3.8) is 0 Å². The number of carbonyl (C=O) groups excluding carboxylic acids is 1. The lowest BCUT2D eigenvalue weighted by atomic mass is 10.2. The van der Waals surface area contributed by atoms with Gasteiger partial charge in [-0.1, -0.05) is 23.9 Å². The number of rotatable bonds is 3. The van der Waals surface area contributed by atoms with E-state index in [1.165, 1.54) is 4.21 Å². The summed E-state index contributed by atoms with van der Waals surface area (Å²) in [5, 5.41) is 0. The lowest BCUT2D eigenvalue weighted by molar-refractivity contribution is 0.00818. The maximum Gasteiger partial charge on any atom is 0.379 e. The quantitative estimate of drug-likeness (QED) is 0.583. The molecule has 108 valence electrons. The number of thiol groups is 1. The zero-order valence-electron chi connectivity index (χ0n) is 10.3. The molecule has 2 rings (SSSR count). The molecule has 0 aliphatic carbocycles. The minimum absolute atomic E-state index is 0.102. The molecule has 0 aliphatic rings. The first-order valence-corrected chi connectivity index (χ1v) is 7.46. The molecule has 0 spiro atoms. The molecule has 1 aromatic carbocycles. The fourth-order valence-corrected chi connectivity index (χ4v) is 3.64. The van der Waals surface area contributed by atoms with Crippen LogP contribution in [0.15, 0.2) is 49.7 Å². The third-order valence-corrected chi connectivity index (χ3v) is 4.50. The summed E-state index contributed by atoms with van der Waals surface area (Å²) >= 11 is 7.62. The van der Waals surface area contributed by atoms with Crippen molar-refractivity contribution >= 4 is 41.5 Å². The van der Waals surface area contributed by atoms with Crippen molar-refractivity contribution < 1.29 is 18.0 Å². The van der Waals surface area contributed by atoms with Crippen LogP contribution >= 0.6 is 35.7 Å². The normalized spacial score (nSPS) is 10.1. The zero-order chi connectivity index (χ0) is 15.1. The maximum absolute atomic E-state index is 11.1. The molecular weight excluding hydrogens is 325 g/mol. The highest BCUT2D eigenvalue weighted by molar-refractivity contribution is 8.01. The number of carbonyl (C=O) groups is 1. The van der Waals surface area contributed by atoms with E-state index in [0.717, 1.165) is 14.7 Å². The van der Waals surface area contributed by atoms with E-state index in [1.807, 2.05) is 30.3 Å². The van der Waals surface area contributed by atoms with Gasteiger partial charge in [0.15, 0.2) is 5.78 Å². The smallest absolute Gasteiger partial charge is 0.295 e. The fraction of sp³-hybridized carbons (Fsp3) is 0.154. The largest absolute Gasteiger partial charge is 0.379 e. The number of thiophene rings is 1. The van der Waals surface area contributed by atoms with E-state index in [-0.39, 0.29) is 5.78 Å². The first-order chi connectivity index (χ1) is 9.38. The van der Waals surface area contributed by atoms with Gasteiger partial charge in [0.25, 0.3) is 0 Å². The van der Waals surface area contributed by atoms with Crippen molar-refractivity contribution in [1.82, 2.24) is 0 Å². The van der Waals surface area contributed by atoms with Crippen molar-refractivity contribution in [3.8, 4) is 0 Å². The average Bonchev–Trinajstić information content (AvgIpc) is 2.75. The topological polar surface area (TPSA) is 17.1 Å². The Hall–Kier alpha value is -0.920. The molecular formula is C13H11F3OS3. The summed E-state index contributed by atoms with van der Waals surface area (Å²) in [6.07, 6.45) is 0. The Morgan fingerprint density at radius 2 is 1.70 bits per heavy atom. The monoisotopic (exact) mass is 336 g/mol. The second kappa shape index (κ2) is 8.39. The Kier molecular flexibility index (Phi) is 7.18. The van der Waals surface area contributed by atoms with Gasteiger partial charge in [-0.2, -0.15) is 13.2 Å². The van der Waals surface area contributed by atoms with Gasteiger partial charge in [-0.05, 0) is 31.2 Å². The van der Waals surface area contributed by atoms with Crippen molar-refractivity contribution in [2.75, 3.05) is 0 Å². The lowest BCUT2D eigenvalue weighted by Gasteiger charge is -1.99. The Balaban J connectivity index is 0.000000444. The van der Waals surface area contributed by atoms with E-state index in [9.17, 15) is 18.0 Å². The molecule has 0 atom stereocenters. The number of halogens is 3. The van der Waals surface area contributed by atoms with E-state index in [2.05, 4.69) is 18.7 Å². The summed E-state index contributed by atoms with van der Waals surface area (Å²) in [4.78, 5) is 12.2. The van der Waals surface area contributed by atoms with Crippen LogP contribution in [-0.4, -0.2) is 12.5 Å². The first kappa shape index (κ1) is 17.1. The molecule has 20 heavy (non-hydrogen) atoms. The zero-order valence-corrected chi connectivity index (χ0v) is 12.9. The fourth-order valence-electron chi connectivity index (χ4n) is 1.24. The average molecular weight is 336 g/mol. The standard InChI is InChI=1S/C12H10OS3.CHF3/c1-8(13)9-2-4-10(5-3-9)15-12-7-6-11(14)16-12;2-1(3)4/h2-7,14H,1H3;1H. The molecule has 0 fully saturated rings. The van der Waals surface area contributed by atoms with E-state index in [4.69, 9.17) is 0 Å². The molecule has 0 unspecified atom stereocenters. The van der Waals surface area contributed by atoms with E-state index in [0.29, 0.717) is 0 Å². The predicted octanol–water partition coefficient (Wildman–Crippen LogP) is 5.57. The minimum atomic E-state index is -3.67. The van der Waals surface area contributed by atoms with Crippen LogP contribution in [-0.2, 0) is 0 Å². The van der Waals surface area contributed by atoms with Crippen molar-refractivity contribution in [2.45, 2.75) is 26.9 Å². The summed E-state index contributed by atoms with van der Waals surface area (Å²) in [7, 11) is 0. The molecule has 2 aromatic rings. The third-order valence-electron chi connectivity index (χ3n) is 2.05. The van der Waals surface area contributed by atoms with Gasteiger partial charge in [0.05, 0.1) is 8.42 Å². The van der Waals surface area contributed by atoms with Crippen LogP contribution in [0.1, 0.15) is 17.3 Å². The van der Waals surface area contributed by atoms with Crippen LogP contribution in [0.5, 0.6) is 0 Å². The second-order valence-electron chi connectivity index (χ2n) is 3.52. The van der Waals surface area contributed by atoms with Crippen molar-refractivity contribution in [2.24, 2.45) is 0 Å². The summed E-state index contributed by atoms with van der Waals surface area (Å²) in [5.41, 5.74) is 0.755. The molecule has 0 bridgehead atoms. The minimum Gasteiger partial charge on any atom is -0.295 e. The molecule has 0 aliphatic heterocycles. The third kappa shape index (κ3) is 6.49. The molecule has 0 N–H and O–H groups in total. The maximum atomic E-state index is 11.1. The van der Waals surface area contributed by atoms with Gasteiger partial charge in [0.1, 0.15) is 0 Å². The molecule has 0 amide bonds. The van der Waals surface area contributed by atoms with Gasteiger partial charge in [-0.3, -0.25) is 4.79 Å². The summed E-state index contributed by atoms with van der Waals surface area (Å²) in [5.74, 6) is 0.102. The second-order valence-corrected chi connectivity index (χ2v) is 6.76. The van der Waals surface area contributed by atoms with Crippen LogP contribution in [0.3, 0.4) is 0 Å². The number of ketones is 1. The Morgan fingerprint density at radius 1 is 1.15 bits per heavy atom. The van der Waals surface area contributed by atoms with Gasteiger partial charge in [0.2, 0.25) is 0 Å². The van der Waals surface area contributed by atoms with Gasteiger partial charge in [-0.15, -0.1) is 24.0 Å². The number of hydrogen-bond donors (Lipinski definition) is 1. The van der Waals surface area contributed by atoms with Gasteiger partial charge in [0, 0.05) is 10.5 Å². The predicted molar refractivity (Wildman–Crippen MR) is 79.3 cm³/mol. The Bertz CT molecular complexity index is 549. The molecule has 1 nitrogen and oxygen atoms in total. The lowest BCUT2D eigenvalue weighted by Crippen LogP contribution is -1.89. The Labute approximate surface area is 128 Å². The SMILES string of the molecule is CC(=O)c1ccc(Sc2ccc(S)s2)cc1.FC(F)F. The van der Waals surface area contributed by atoms with Crippen LogP contribution in [0.2, 0.25) is 0 Å². The van der Waals surface area contributed by atoms with Gasteiger partial charge >= 0.3 is 6.68 Å². The summed E-state index contributed by atoms with van der Waals surface area (Å²) in [6.45, 7) is -2.09. The van der Waals surface area contributed by atoms with E-state index >= 15 is 0 Å². The molecule has 0 saturated heterocycles. The summed E-state index contributed by atoms with van der Waals surface area (Å²) < 4.78 is 31.2.